The maximum atomic E-state index is 12.8. The average molecular weight is 351 g/mol. The number of carbonyl (C=O) groups is 2. The maximum absolute atomic E-state index is 12.8. The van der Waals surface area contributed by atoms with Crippen molar-refractivity contribution in [3.05, 3.63) is 71.5 Å². The van der Waals surface area contributed by atoms with Crippen LogP contribution in [0.1, 0.15) is 31.9 Å². The summed E-state index contributed by atoms with van der Waals surface area (Å²) in [7, 11) is 0. The second-order valence-electron chi connectivity index (χ2n) is 5.95. The quantitative estimate of drug-likeness (QED) is 0.855. The molecular weight excluding hydrogens is 330 g/mol. The summed E-state index contributed by atoms with van der Waals surface area (Å²) in [4.78, 5) is 26.7. The third-order valence-corrected chi connectivity index (χ3v) is 4.37. The van der Waals surface area contributed by atoms with E-state index in [1.807, 2.05) is 37.3 Å². The summed E-state index contributed by atoms with van der Waals surface area (Å²) < 4.78 is 5.44. The number of aliphatic hydroxyl groups excluding tert-OH is 1. The van der Waals surface area contributed by atoms with E-state index < -0.39 is 17.7 Å². The lowest BCUT2D eigenvalue weighted by Crippen LogP contribution is -2.30. The Morgan fingerprint density at radius 1 is 1.08 bits per heavy atom. The summed E-state index contributed by atoms with van der Waals surface area (Å²) in [5, 5.41) is 10.4. The summed E-state index contributed by atoms with van der Waals surface area (Å²) in [6, 6.07) is 15.7. The van der Waals surface area contributed by atoms with Gasteiger partial charge in [-0.05, 0) is 36.8 Å². The van der Waals surface area contributed by atoms with Gasteiger partial charge in [0.2, 0.25) is 0 Å². The van der Waals surface area contributed by atoms with Gasteiger partial charge in [-0.1, -0.05) is 37.3 Å². The maximum Gasteiger partial charge on any atom is 0.294 e. The Morgan fingerprint density at radius 2 is 1.73 bits per heavy atom. The van der Waals surface area contributed by atoms with Crippen LogP contribution in [-0.2, 0) is 9.59 Å². The summed E-state index contributed by atoms with van der Waals surface area (Å²) in [6.45, 7) is 4.16. The number of nitrogens with zero attached hydrogens (tertiary/aromatic N) is 1. The van der Waals surface area contributed by atoms with Gasteiger partial charge in [-0.25, -0.2) is 0 Å². The fourth-order valence-electron chi connectivity index (χ4n) is 3.17. The lowest BCUT2D eigenvalue weighted by atomic mass is 9.95. The predicted molar refractivity (Wildman–Crippen MR) is 99.2 cm³/mol. The first-order chi connectivity index (χ1) is 12.6. The van der Waals surface area contributed by atoms with Crippen LogP contribution >= 0.6 is 0 Å². The van der Waals surface area contributed by atoms with Gasteiger partial charge in [0, 0.05) is 12.1 Å². The van der Waals surface area contributed by atoms with Crippen molar-refractivity contribution in [1.82, 2.24) is 0 Å². The normalized spacial score (nSPS) is 16.9. The number of amides is 1. The minimum atomic E-state index is -0.644. The molecule has 1 heterocycles. The van der Waals surface area contributed by atoms with Crippen molar-refractivity contribution >= 4 is 17.4 Å². The lowest BCUT2D eigenvalue weighted by molar-refractivity contribution is -0.118. The molecule has 26 heavy (non-hydrogen) atoms. The molecule has 0 saturated carbocycles. The molecule has 1 atom stereocenters. The van der Waals surface area contributed by atoms with Crippen molar-refractivity contribution in [2.75, 3.05) is 11.5 Å². The first-order valence-corrected chi connectivity index (χ1v) is 8.66. The van der Waals surface area contributed by atoms with Gasteiger partial charge in [0.05, 0.1) is 18.2 Å². The number of ketones is 1. The van der Waals surface area contributed by atoms with Crippen molar-refractivity contribution in [3.8, 4) is 5.75 Å². The van der Waals surface area contributed by atoms with Crippen LogP contribution in [-0.4, -0.2) is 23.4 Å². The van der Waals surface area contributed by atoms with E-state index in [4.69, 9.17) is 4.74 Å². The smallest absolute Gasteiger partial charge is 0.294 e. The van der Waals surface area contributed by atoms with Gasteiger partial charge in [-0.3, -0.25) is 14.5 Å². The number of hydrogen-bond acceptors (Lipinski definition) is 4. The van der Waals surface area contributed by atoms with Gasteiger partial charge < -0.3 is 9.84 Å². The Balaban J connectivity index is 2.08. The largest absolute Gasteiger partial charge is 0.503 e. The SMILES string of the molecule is CCOc1ccc(N2C(=O)C(O)=C(C(=O)CC)C2c2ccccc2)cc1. The van der Waals surface area contributed by atoms with Gasteiger partial charge in [0.25, 0.3) is 5.91 Å². The molecule has 1 unspecified atom stereocenters. The van der Waals surface area contributed by atoms with Gasteiger partial charge >= 0.3 is 0 Å². The first kappa shape index (κ1) is 17.7. The van der Waals surface area contributed by atoms with E-state index in [1.165, 1.54) is 4.90 Å². The molecule has 2 aromatic carbocycles. The molecule has 5 heteroatoms. The van der Waals surface area contributed by atoms with Crippen LogP contribution < -0.4 is 9.64 Å². The van der Waals surface area contributed by atoms with Crippen LogP contribution in [0.15, 0.2) is 65.9 Å². The van der Waals surface area contributed by atoms with Crippen LogP contribution in [0.25, 0.3) is 0 Å². The molecule has 3 rings (SSSR count). The minimum Gasteiger partial charge on any atom is -0.503 e. The van der Waals surface area contributed by atoms with Crippen molar-refractivity contribution in [1.29, 1.82) is 0 Å². The first-order valence-electron chi connectivity index (χ1n) is 8.66. The van der Waals surface area contributed by atoms with Gasteiger partial charge in [0.15, 0.2) is 11.5 Å². The van der Waals surface area contributed by atoms with Crippen LogP contribution in [0.4, 0.5) is 5.69 Å². The van der Waals surface area contributed by atoms with Crippen molar-refractivity contribution in [2.45, 2.75) is 26.3 Å². The minimum absolute atomic E-state index is 0.151. The Bertz CT molecular complexity index is 840. The molecule has 0 aromatic heterocycles. The zero-order chi connectivity index (χ0) is 18.7. The molecule has 0 bridgehead atoms. The Morgan fingerprint density at radius 3 is 2.31 bits per heavy atom. The van der Waals surface area contributed by atoms with Crippen LogP contribution in [0.2, 0.25) is 0 Å². The highest BCUT2D eigenvalue weighted by Gasteiger charge is 2.43. The molecule has 0 fully saturated rings. The third kappa shape index (κ3) is 3.08. The Labute approximate surface area is 152 Å². The second-order valence-corrected chi connectivity index (χ2v) is 5.95. The van der Waals surface area contributed by atoms with Crippen LogP contribution in [0, 0.1) is 0 Å². The van der Waals surface area contributed by atoms with Gasteiger partial charge in [0.1, 0.15) is 5.75 Å². The predicted octanol–water partition coefficient (Wildman–Crippen LogP) is 3.96. The molecule has 134 valence electrons. The molecule has 1 aliphatic rings. The highest BCUT2D eigenvalue weighted by molar-refractivity contribution is 6.16. The van der Waals surface area contributed by atoms with E-state index in [0.29, 0.717) is 18.0 Å². The number of ether oxygens (including phenoxy) is 1. The number of hydrogen-bond donors (Lipinski definition) is 1. The topological polar surface area (TPSA) is 66.8 Å². The van der Waals surface area contributed by atoms with E-state index >= 15 is 0 Å². The molecule has 1 aliphatic heterocycles. The summed E-state index contributed by atoms with van der Waals surface area (Å²) >= 11 is 0. The Hall–Kier alpha value is -3.08. The van der Waals surface area contributed by atoms with Gasteiger partial charge in [-0.2, -0.15) is 0 Å². The molecule has 0 saturated heterocycles. The number of aliphatic hydroxyl groups is 1. The fraction of sp³-hybridized carbons (Fsp3) is 0.238. The summed E-state index contributed by atoms with van der Waals surface area (Å²) in [5.41, 5.74) is 1.52. The monoisotopic (exact) mass is 351 g/mol. The molecule has 1 N–H and O–H groups in total. The van der Waals surface area contributed by atoms with Gasteiger partial charge in [-0.15, -0.1) is 0 Å². The highest BCUT2D eigenvalue weighted by atomic mass is 16.5. The van der Waals surface area contributed by atoms with E-state index in [9.17, 15) is 14.7 Å². The van der Waals surface area contributed by atoms with E-state index in [2.05, 4.69) is 0 Å². The van der Waals surface area contributed by atoms with E-state index in [1.54, 1.807) is 31.2 Å². The average Bonchev–Trinajstić information content (AvgIpc) is 2.94. The van der Waals surface area contributed by atoms with Crippen molar-refractivity contribution in [2.24, 2.45) is 0 Å². The molecule has 1 amide bonds. The van der Waals surface area contributed by atoms with E-state index in [-0.39, 0.29) is 17.8 Å². The number of benzene rings is 2. The zero-order valence-corrected chi connectivity index (χ0v) is 14.8. The molecule has 0 radical (unpaired) electrons. The Kier molecular flexibility index (Phi) is 5.07. The summed E-state index contributed by atoms with van der Waals surface area (Å²) in [6.07, 6.45) is 0.215. The molecular formula is C21H21NO4. The number of anilines is 1. The molecule has 5 nitrogen and oxygen atoms in total. The molecule has 2 aromatic rings. The molecule has 0 spiro atoms. The summed E-state index contributed by atoms with van der Waals surface area (Å²) in [5.74, 6) is -0.585. The van der Waals surface area contributed by atoms with Crippen LogP contribution in [0.5, 0.6) is 5.75 Å². The number of rotatable bonds is 6. The standard InChI is InChI=1S/C21H21NO4/c1-3-17(23)18-19(14-8-6-5-7-9-14)22(21(25)20(18)24)15-10-12-16(13-11-15)26-4-2/h5-13,19,24H,3-4H2,1-2H3. The number of carbonyl (C=O) groups excluding carboxylic acids is 2. The fourth-order valence-corrected chi connectivity index (χ4v) is 3.17. The highest BCUT2D eigenvalue weighted by Crippen LogP contribution is 2.41. The number of Topliss-reactive ketones (excluding diaryl/α,β-unsaturated/α-hetero) is 1. The third-order valence-electron chi connectivity index (χ3n) is 4.37. The second kappa shape index (κ2) is 7.44. The molecule has 0 aliphatic carbocycles. The lowest BCUT2D eigenvalue weighted by Gasteiger charge is -2.27. The van der Waals surface area contributed by atoms with E-state index in [0.717, 1.165) is 5.56 Å². The van der Waals surface area contributed by atoms with Crippen molar-refractivity contribution in [3.63, 3.8) is 0 Å². The van der Waals surface area contributed by atoms with Crippen LogP contribution in [0.3, 0.4) is 0 Å². The van der Waals surface area contributed by atoms with Crippen molar-refractivity contribution < 1.29 is 19.4 Å². The zero-order valence-electron chi connectivity index (χ0n) is 14.8.